The van der Waals surface area contributed by atoms with Crippen molar-refractivity contribution < 1.29 is 4.79 Å². The molecule has 0 saturated carbocycles. The number of aromatic nitrogens is 3. The summed E-state index contributed by atoms with van der Waals surface area (Å²) in [5.74, 6) is 1.21. The summed E-state index contributed by atoms with van der Waals surface area (Å²) in [6.45, 7) is 11.0. The van der Waals surface area contributed by atoms with E-state index in [0.29, 0.717) is 29.8 Å². The summed E-state index contributed by atoms with van der Waals surface area (Å²) >= 11 is 0. The van der Waals surface area contributed by atoms with Gasteiger partial charge >= 0.3 is 0 Å². The zero-order chi connectivity index (χ0) is 20.8. The number of carbonyl (C=O) groups excluding carboxylic acids is 1. The first-order chi connectivity index (χ1) is 13.2. The third-order valence-corrected chi connectivity index (χ3v) is 4.53. The van der Waals surface area contributed by atoms with Crippen LogP contribution in [-0.2, 0) is 0 Å². The van der Waals surface area contributed by atoms with E-state index in [1.165, 1.54) is 0 Å². The van der Waals surface area contributed by atoms with Crippen LogP contribution in [0.3, 0.4) is 0 Å². The van der Waals surface area contributed by atoms with Crippen molar-refractivity contribution >= 4 is 23.2 Å². The molecule has 0 aromatic carbocycles. The molecule has 8 heteroatoms. The molecule has 0 fully saturated rings. The van der Waals surface area contributed by atoms with Crippen molar-refractivity contribution in [2.45, 2.75) is 53.0 Å². The molecular formula is C20H31N7O. The van der Waals surface area contributed by atoms with E-state index in [-0.39, 0.29) is 17.7 Å². The Kier molecular flexibility index (Phi) is 7.28. The van der Waals surface area contributed by atoms with Gasteiger partial charge in [-0.3, -0.25) is 4.79 Å². The number of carbonyl (C=O) groups is 1. The molecule has 0 radical (unpaired) electrons. The summed E-state index contributed by atoms with van der Waals surface area (Å²) < 4.78 is 0. The highest BCUT2D eigenvalue weighted by Gasteiger charge is 2.16. The van der Waals surface area contributed by atoms with Crippen LogP contribution < -0.4 is 22.1 Å². The minimum atomic E-state index is -0.650. The van der Waals surface area contributed by atoms with Gasteiger partial charge in [0.05, 0.1) is 5.69 Å². The molecule has 1 amide bonds. The van der Waals surface area contributed by atoms with Crippen molar-refractivity contribution in [3.63, 3.8) is 0 Å². The van der Waals surface area contributed by atoms with Crippen LogP contribution in [0.25, 0.3) is 0 Å². The molecule has 0 aliphatic heterocycles. The van der Waals surface area contributed by atoms with Crippen LogP contribution in [0.1, 0.15) is 61.8 Å². The van der Waals surface area contributed by atoms with Gasteiger partial charge in [-0.05, 0) is 50.3 Å². The maximum absolute atomic E-state index is 11.8. The first kappa shape index (κ1) is 21.6. The van der Waals surface area contributed by atoms with Crippen molar-refractivity contribution in [1.82, 2.24) is 15.2 Å². The second-order valence-electron chi connectivity index (χ2n) is 7.66. The Bertz CT molecular complexity index is 822. The van der Waals surface area contributed by atoms with Crippen LogP contribution in [0.2, 0.25) is 0 Å². The molecular weight excluding hydrogens is 354 g/mol. The standard InChI is InChI=1S/C20H31N7O/c1-11(2)18-13(4)6-7-16(25-18)24-15-9-17(26-27-19(15)20(22)28)23-14(5)8-12(3)10-21/h6-7,9,11-12,14H,8,10,21H2,1-5H3,(H2,22,28)(H2,23,24,25,26). The Morgan fingerprint density at radius 2 is 1.86 bits per heavy atom. The lowest BCUT2D eigenvalue weighted by Gasteiger charge is -2.19. The topological polar surface area (TPSA) is 132 Å². The molecule has 6 N–H and O–H groups in total. The number of primary amides is 1. The molecule has 2 aromatic heterocycles. The lowest BCUT2D eigenvalue weighted by atomic mass is 10.0. The van der Waals surface area contributed by atoms with Crippen molar-refractivity contribution in [2.75, 3.05) is 17.2 Å². The molecule has 2 rings (SSSR count). The van der Waals surface area contributed by atoms with Crippen LogP contribution in [0, 0.1) is 12.8 Å². The van der Waals surface area contributed by atoms with Crippen LogP contribution >= 0.6 is 0 Å². The summed E-state index contributed by atoms with van der Waals surface area (Å²) in [5.41, 5.74) is 13.8. The molecule has 2 atom stereocenters. The molecule has 2 heterocycles. The van der Waals surface area contributed by atoms with E-state index in [0.717, 1.165) is 17.7 Å². The van der Waals surface area contributed by atoms with E-state index in [4.69, 9.17) is 11.5 Å². The third kappa shape index (κ3) is 5.63. The molecule has 0 spiro atoms. The van der Waals surface area contributed by atoms with Gasteiger partial charge in [0.25, 0.3) is 5.91 Å². The average Bonchev–Trinajstić information content (AvgIpc) is 2.62. The normalized spacial score (nSPS) is 13.2. The summed E-state index contributed by atoms with van der Waals surface area (Å²) in [5, 5.41) is 14.5. The second-order valence-corrected chi connectivity index (χ2v) is 7.66. The van der Waals surface area contributed by atoms with Gasteiger partial charge in [0.1, 0.15) is 5.82 Å². The fraction of sp³-hybridized carbons (Fsp3) is 0.500. The summed E-state index contributed by atoms with van der Waals surface area (Å²) in [6.07, 6.45) is 0.899. The maximum atomic E-state index is 11.8. The molecule has 0 aliphatic rings. The molecule has 2 unspecified atom stereocenters. The molecule has 28 heavy (non-hydrogen) atoms. The highest BCUT2D eigenvalue weighted by molar-refractivity contribution is 5.97. The van der Waals surface area contributed by atoms with Crippen LogP contribution in [0.15, 0.2) is 18.2 Å². The fourth-order valence-electron chi connectivity index (χ4n) is 3.09. The number of pyridine rings is 1. The second kappa shape index (κ2) is 9.45. The van der Waals surface area contributed by atoms with E-state index in [1.54, 1.807) is 6.07 Å². The van der Waals surface area contributed by atoms with Crippen molar-refractivity contribution in [3.8, 4) is 0 Å². The van der Waals surface area contributed by atoms with E-state index in [1.807, 2.05) is 19.1 Å². The number of hydrogen-bond acceptors (Lipinski definition) is 7. The minimum Gasteiger partial charge on any atom is -0.366 e. The maximum Gasteiger partial charge on any atom is 0.271 e. The van der Waals surface area contributed by atoms with E-state index in [2.05, 4.69) is 53.5 Å². The largest absolute Gasteiger partial charge is 0.366 e. The highest BCUT2D eigenvalue weighted by atomic mass is 16.1. The van der Waals surface area contributed by atoms with Crippen molar-refractivity contribution in [2.24, 2.45) is 17.4 Å². The van der Waals surface area contributed by atoms with Crippen molar-refractivity contribution in [3.05, 3.63) is 35.2 Å². The van der Waals surface area contributed by atoms with Gasteiger partial charge in [0.15, 0.2) is 11.5 Å². The van der Waals surface area contributed by atoms with Gasteiger partial charge in [-0.2, -0.15) is 0 Å². The Balaban J connectivity index is 2.29. The Labute approximate surface area is 166 Å². The van der Waals surface area contributed by atoms with Gasteiger partial charge in [-0.1, -0.05) is 26.8 Å². The Morgan fingerprint density at radius 1 is 1.14 bits per heavy atom. The molecule has 0 aliphatic carbocycles. The van der Waals surface area contributed by atoms with Gasteiger partial charge in [0, 0.05) is 17.8 Å². The van der Waals surface area contributed by atoms with Gasteiger partial charge in [0.2, 0.25) is 0 Å². The van der Waals surface area contributed by atoms with Gasteiger partial charge in [-0.25, -0.2) is 4.98 Å². The Hall–Kier alpha value is -2.74. The van der Waals surface area contributed by atoms with Gasteiger partial charge in [-0.15, -0.1) is 10.2 Å². The first-order valence-corrected chi connectivity index (χ1v) is 9.60. The van der Waals surface area contributed by atoms with Gasteiger partial charge < -0.3 is 22.1 Å². The monoisotopic (exact) mass is 385 g/mol. The lowest BCUT2D eigenvalue weighted by molar-refractivity contribution is 0.0995. The highest BCUT2D eigenvalue weighted by Crippen LogP contribution is 2.24. The average molecular weight is 386 g/mol. The fourth-order valence-corrected chi connectivity index (χ4v) is 3.09. The first-order valence-electron chi connectivity index (χ1n) is 9.60. The molecule has 0 saturated heterocycles. The molecule has 152 valence electrons. The smallest absolute Gasteiger partial charge is 0.271 e. The summed E-state index contributed by atoms with van der Waals surface area (Å²) in [6, 6.07) is 5.75. The number of anilines is 3. The number of rotatable bonds is 9. The zero-order valence-electron chi connectivity index (χ0n) is 17.3. The molecule has 0 bridgehead atoms. The lowest BCUT2D eigenvalue weighted by Crippen LogP contribution is -2.24. The number of aryl methyl sites for hydroxylation is 1. The predicted octanol–water partition coefficient (Wildman–Crippen LogP) is 2.93. The quantitative estimate of drug-likeness (QED) is 0.522. The van der Waals surface area contributed by atoms with Crippen LogP contribution in [0.4, 0.5) is 17.3 Å². The van der Waals surface area contributed by atoms with E-state index < -0.39 is 5.91 Å². The number of nitrogens with one attached hydrogen (secondary N) is 2. The third-order valence-electron chi connectivity index (χ3n) is 4.53. The zero-order valence-corrected chi connectivity index (χ0v) is 17.3. The predicted molar refractivity (Wildman–Crippen MR) is 113 cm³/mol. The van der Waals surface area contributed by atoms with Crippen LogP contribution in [-0.4, -0.2) is 33.7 Å². The number of amides is 1. The SMILES string of the molecule is Cc1ccc(Nc2cc(NC(C)CC(C)CN)nnc2C(N)=O)nc1C(C)C. The molecule has 8 nitrogen and oxygen atoms in total. The number of nitrogens with two attached hydrogens (primary N) is 2. The summed E-state index contributed by atoms with van der Waals surface area (Å²) in [7, 11) is 0. The summed E-state index contributed by atoms with van der Waals surface area (Å²) in [4.78, 5) is 16.4. The minimum absolute atomic E-state index is 0.0713. The van der Waals surface area contributed by atoms with Crippen LogP contribution in [0.5, 0.6) is 0 Å². The Morgan fingerprint density at radius 3 is 2.46 bits per heavy atom. The van der Waals surface area contributed by atoms with E-state index >= 15 is 0 Å². The van der Waals surface area contributed by atoms with Crippen molar-refractivity contribution in [1.29, 1.82) is 0 Å². The molecule has 2 aromatic rings. The number of nitrogens with zero attached hydrogens (tertiary/aromatic N) is 3. The number of hydrogen-bond donors (Lipinski definition) is 4. The van der Waals surface area contributed by atoms with E-state index in [9.17, 15) is 4.79 Å².